The highest BCUT2D eigenvalue weighted by atomic mass is 32.2. The Kier molecular flexibility index (Phi) is 4.68. The minimum absolute atomic E-state index is 0.262. The fourth-order valence-electron chi connectivity index (χ4n) is 1.56. The molecule has 0 atom stereocenters. The minimum Gasteiger partial charge on any atom is -0.493 e. The predicted octanol–water partition coefficient (Wildman–Crippen LogP) is 2.03. The topological polar surface area (TPSA) is 70.8 Å². The van der Waals surface area contributed by atoms with Crippen LogP contribution in [0, 0.1) is 13.8 Å². The average Bonchev–Trinajstić information content (AvgIpc) is 2.79. The van der Waals surface area contributed by atoms with Crippen LogP contribution in [0.15, 0.2) is 23.0 Å². The maximum absolute atomic E-state index is 10.8. The molecule has 1 heterocycles. The van der Waals surface area contributed by atoms with Crippen LogP contribution in [0.25, 0.3) is 0 Å². The third-order valence-electron chi connectivity index (χ3n) is 2.76. The Morgan fingerprint density at radius 1 is 1.32 bits per heavy atom. The van der Waals surface area contributed by atoms with E-state index in [1.165, 1.54) is 11.1 Å². The summed E-state index contributed by atoms with van der Waals surface area (Å²) in [6.45, 7) is 4.80. The molecule has 0 amide bonds. The Morgan fingerprint density at radius 3 is 2.84 bits per heavy atom. The van der Waals surface area contributed by atoms with Crippen LogP contribution in [-0.2, 0) is 5.75 Å². The first-order valence-electron chi connectivity index (χ1n) is 6.06. The molecule has 19 heavy (non-hydrogen) atoms. The number of aromatic amines is 2. The van der Waals surface area contributed by atoms with Crippen LogP contribution in [0.2, 0.25) is 0 Å². The quantitative estimate of drug-likeness (QED) is 0.794. The molecule has 0 spiro atoms. The van der Waals surface area contributed by atoms with Crippen LogP contribution in [0.3, 0.4) is 0 Å². The van der Waals surface area contributed by atoms with Gasteiger partial charge < -0.3 is 4.74 Å². The normalized spacial score (nSPS) is 10.6. The van der Waals surface area contributed by atoms with Gasteiger partial charge >= 0.3 is 5.69 Å². The van der Waals surface area contributed by atoms with Crippen molar-refractivity contribution in [2.24, 2.45) is 0 Å². The Bertz CT molecular complexity index is 592. The van der Waals surface area contributed by atoms with Crippen LogP contribution in [0.1, 0.15) is 17.0 Å². The molecule has 2 N–H and O–H groups in total. The summed E-state index contributed by atoms with van der Waals surface area (Å²) in [5.41, 5.74) is 2.24. The van der Waals surface area contributed by atoms with Crippen molar-refractivity contribution in [2.45, 2.75) is 19.6 Å². The molecule has 0 saturated heterocycles. The van der Waals surface area contributed by atoms with Crippen molar-refractivity contribution in [1.82, 2.24) is 15.2 Å². The van der Waals surface area contributed by atoms with E-state index in [9.17, 15) is 4.79 Å². The van der Waals surface area contributed by atoms with Gasteiger partial charge in [-0.3, -0.25) is 4.98 Å². The number of H-pyrrole nitrogens is 2. The van der Waals surface area contributed by atoms with Crippen molar-refractivity contribution in [3.05, 3.63) is 45.6 Å². The standard InChI is InChI=1S/C13H17N3O2S/c1-9-3-4-11(7-10(9)2)18-5-6-19-8-12-14-13(17)16-15-12/h3-4,7H,5-6,8H2,1-2H3,(H2,14,15,16,17). The van der Waals surface area contributed by atoms with Crippen molar-refractivity contribution in [3.8, 4) is 5.75 Å². The predicted molar refractivity (Wildman–Crippen MR) is 76.8 cm³/mol. The number of aryl methyl sites for hydroxylation is 2. The van der Waals surface area contributed by atoms with Gasteiger partial charge in [0.15, 0.2) is 0 Å². The molecule has 0 saturated carbocycles. The van der Waals surface area contributed by atoms with E-state index < -0.39 is 0 Å². The Labute approximate surface area is 115 Å². The Hall–Kier alpha value is -1.69. The zero-order chi connectivity index (χ0) is 13.7. The molecule has 0 fully saturated rings. The number of hydrogen-bond acceptors (Lipinski definition) is 4. The average molecular weight is 279 g/mol. The largest absolute Gasteiger partial charge is 0.493 e. The van der Waals surface area contributed by atoms with E-state index in [1.807, 2.05) is 12.1 Å². The lowest BCUT2D eigenvalue weighted by molar-refractivity contribution is 0.343. The molecule has 2 rings (SSSR count). The zero-order valence-electron chi connectivity index (χ0n) is 11.0. The van der Waals surface area contributed by atoms with Crippen LogP contribution in [0.4, 0.5) is 0 Å². The zero-order valence-corrected chi connectivity index (χ0v) is 11.8. The molecule has 0 unspecified atom stereocenters. The van der Waals surface area contributed by atoms with Crippen molar-refractivity contribution in [1.29, 1.82) is 0 Å². The lowest BCUT2D eigenvalue weighted by Gasteiger charge is -2.07. The molecule has 0 radical (unpaired) electrons. The van der Waals surface area contributed by atoms with Gasteiger partial charge in [-0.15, -0.1) is 0 Å². The van der Waals surface area contributed by atoms with Gasteiger partial charge in [0.05, 0.1) is 12.4 Å². The molecule has 0 aliphatic rings. The van der Waals surface area contributed by atoms with E-state index in [4.69, 9.17) is 4.74 Å². The van der Waals surface area contributed by atoms with Crippen LogP contribution in [-0.4, -0.2) is 27.5 Å². The van der Waals surface area contributed by atoms with Gasteiger partial charge in [-0.25, -0.2) is 9.89 Å². The van der Waals surface area contributed by atoms with Gasteiger partial charge in [-0.05, 0) is 37.1 Å². The number of ether oxygens (including phenoxy) is 1. The number of rotatable bonds is 6. The first-order valence-corrected chi connectivity index (χ1v) is 7.22. The van der Waals surface area contributed by atoms with Crippen molar-refractivity contribution in [2.75, 3.05) is 12.4 Å². The molecule has 0 aliphatic heterocycles. The third kappa shape index (κ3) is 4.17. The second-order valence-electron chi connectivity index (χ2n) is 4.27. The molecular formula is C13H17N3O2S. The minimum atomic E-state index is -0.262. The smallest absolute Gasteiger partial charge is 0.340 e. The number of aromatic nitrogens is 3. The molecule has 5 nitrogen and oxygen atoms in total. The summed E-state index contributed by atoms with van der Waals surface area (Å²) in [7, 11) is 0. The summed E-state index contributed by atoms with van der Waals surface area (Å²) in [6.07, 6.45) is 0. The van der Waals surface area contributed by atoms with Crippen LogP contribution >= 0.6 is 11.8 Å². The highest BCUT2D eigenvalue weighted by Crippen LogP contribution is 2.17. The van der Waals surface area contributed by atoms with Gasteiger partial charge in [-0.2, -0.15) is 16.9 Å². The second kappa shape index (κ2) is 6.47. The molecule has 102 valence electrons. The summed E-state index contributed by atoms with van der Waals surface area (Å²) in [6, 6.07) is 6.09. The van der Waals surface area contributed by atoms with E-state index in [0.717, 1.165) is 11.5 Å². The summed E-state index contributed by atoms with van der Waals surface area (Å²) in [5, 5.41) is 6.18. The maximum Gasteiger partial charge on any atom is 0.340 e. The molecule has 6 heteroatoms. The summed E-state index contributed by atoms with van der Waals surface area (Å²) >= 11 is 1.67. The SMILES string of the molecule is Cc1ccc(OCCSCc2n[nH]c(=O)[nH]2)cc1C. The molecule has 0 aliphatic carbocycles. The molecule has 2 aromatic rings. The van der Waals surface area contributed by atoms with E-state index in [1.54, 1.807) is 11.8 Å². The van der Waals surface area contributed by atoms with Gasteiger partial charge in [0.2, 0.25) is 0 Å². The lowest BCUT2D eigenvalue weighted by Crippen LogP contribution is -2.02. The number of hydrogen-bond donors (Lipinski definition) is 2. The van der Waals surface area contributed by atoms with Gasteiger partial charge in [-0.1, -0.05) is 6.07 Å². The number of thioether (sulfide) groups is 1. The Balaban J connectivity index is 1.69. The fraction of sp³-hybridized carbons (Fsp3) is 0.385. The molecule has 1 aromatic heterocycles. The van der Waals surface area contributed by atoms with Gasteiger partial charge in [0.25, 0.3) is 0 Å². The summed E-state index contributed by atoms with van der Waals surface area (Å²) in [4.78, 5) is 13.4. The van der Waals surface area contributed by atoms with Crippen LogP contribution < -0.4 is 10.4 Å². The maximum atomic E-state index is 10.8. The van der Waals surface area contributed by atoms with Crippen molar-refractivity contribution >= 4 is 11.8 Å². The van der Waals surface area contributed by atoms with E-state index >= 15 is 0 Å². The molecular weight excluding hydrogens is 262 g/mol. The van der Waals surface area contributed by atoms with Gasteiger partial charge in [0, 0.05) is 5.75 Å². The summed E-state index contributed by atoms with van der Waals surface area (Å²) < 4.78 is 5.66. The first kappa shape index (κ1) is 13.7. The number of nitrogens with zero attached hydrogens (tertiary/aromatic N) is 1. The Morgan fingerprint density at radius 2 is 2.16 bits per heavy atom. The molecule has 1 aromatic carbocycles. The highest BCUT2D eigenvalue weighted by molar-refractivity contribution is 7.98. The monoisotopic (exact) mass is 279 g/mol. The van der Waals surface area contributed by atoms with E-state index in [2.05, 4.69) is 35.1 Å². The van der Waals surface area contributed by atoms with Gasteiger partial charge in [0.1, 0.15) is 11.6 Å². The van der Waals surface area contributed by atoms with E-state index in [0.29, 0.717) is 18.2 Å². The van der Waals surface area contributed by atoms with E-state index in [-0.39, 0.29) is 5.69 Å². The number of benzene rings is 1. The third-order valence-corrected chi connectivity index (χ3v) is 3.70. The second-order valence-corrected chi connectivity index (χ2v) is 5.38. The fourth-order valence-corrected chi connectivity index (χ4v) is 2.24. The highest BCUT2D eigenvalue weighted by Gasteiger charge is 2.00. The van der Waals surface area contributed by atoms with Crippen LogP contribution in [0.5, 0.6) is 5.75 Å². The van der Waals surface area contributed by atoms with Crippen molar-refractivity contribution < 1.29 is 4.74 Å². The summed E-state index contributed by atoms with van der Waals surface area (Å²) in [5.74, 6) is 3.09. The first-order chi connectivity index (χ1) is 9.15. The van der Waals surface area contributed by atoms with Crippen molar-refractivity contribution in [3.63, 3.8) is 0 Å². The lowest BCUT2D eigenvalue weighted by atomic mass is 10.1. The molecule has 0 bridgehead atoms. The number of nitrogens with one attached hydrogen (secondary N) is 2.